The van der Waals surface area contributed by atoms with E-state index < -0.39 is 12.3 Å². The third-order valence-corrected chi connectivity index (χ3v) is 5.42. The topological polar surface area (TPSA) is 84.9 Å². The standard InChI is InChI=1S/C22H20F3N7O/c23-18-6-5-16(31-9-7-26-8-10-31)11-17(18)19-13-32(30-27-19)12-14-1-3-15(4-2-14)21-28-29-22(33-21)20(24)25/h1-6,11,13,20,26H,7-10,12H2. The normalized spacial score (nSPS) is 14.2. The molecule has 11 heteroatoms. The molecular formula is C22H20F3N7O. The molecule has 0 aliphatic carbocycles. The van der Waals surface area contributed by atoms with Gasteiger partial charge in [0.2, 0.25) is 5.89 Å². The third-order valence-electron chi connectivity index (χ3n) is 5.42. The second-order valence-corrected chi connectivity index (χ2v) is 7.65. The average Bonchev–Trinajstić information content (AvgIpc) is 3.51. The molecule has 0 amide bonds. The largest absolute Gasteiger partial charge is 0.415 e. The fourth-order valence-corrected chi connectivity index (χ4v) is 3.71. The van der Waals surface area contributed by atoms with Crippen molar-refractivity contribution in [3.8, 4) is 22.7 Å². The molecular weight excluding hydrogens is 435 g/mol. The predicted octanol–water partition coefficient (Wildman–Crippen LogP) is 3.53. The van der Waals surface area contributed by atoms with Crippen LogP contribution < -0.4 is 10.2 Å². The van der Waals surface area contributed by atoms with Crippen molar-refractivity contribution in [2.45, 2.75) is 13.0 Å². The molecule has 1 fully saturated rings. The van der Waals surface area contributed by atoms with Crippen molar-refractivity contribution >= 4 is 5.69 Å². The molecule has 8 nitrogen and oxygen atoms in total. The minimum atomic E-state index is -2.81. The maximum atomic E-state index is 14.5. The Morgan fingerprint density at radius 2 is 1.79 bits per heavy atom. The fraction of sp³-hybridized carbons (Fsp3) is 0.273. The zero-order valence-electron chi connectivity index (χ0n) is 17.5. The Morgan fingerprint density at radius 3 is 2.52 bits per heavy atom. The number of aromatic nitrogens is 5. The van der Waals surface area contributed by atoms with Crippen molar-refractivity contribution in [1.82, 2.24) is 30.5 Å². The summed E-state index contributed by atoms with van der Waals surface area (Å²) in [5, 5.41) is 18.6. The molecule has 0 radical (unpaired) electrons. The first-order valence-electron chi connectivity index (χ1n) is 10.4. The van der Waals surface area contributed by atoms with Crippen LogP contribution in [-0.2, 0) is 6.54 Å². The van der Waals surface area contributed by atoms with Gasteiger partial charge in [-0.2, -0.15) is 8.78 Å². The van der Waals surface area contributed by atoms with Gasteiger partial charge in [-0.1, -0.05) is 17.3 Å². The molecule has 1 aliphatic rings. The first kappa shape index (κ1) is 21.1. The molecule has 2 aromatic carbocycles. The van der Waals surface area contributed by atoms with Crippen LogP contribution in [0.4, 0.5) is 18.9 Å². The summed E-state index contributed by atoms with van der Waals surface area (Å²) < 4.78 is 46.4. The Balaban J connectivity index is 1.31. The van der Waals surface area contributed by atoms with E-state index in [4.69, 9.17) is 4.42 Å². The lowest BCUT2D eigenvalue weighted by atomic mass is 10.1. The van der Waals surface area contributed by atoms with Gasteiger partial charge in [-0.3, -0.25) is 0 Å². The van der Waals surface area contributed by atoms with Gasteiger partial charge < -0.3 is 14.6 Å². The summed E-state index contributed by atoms with van der Waals surface area (Å²) in [6, 6.07) is 12.1. The van der Waals surface area contributed by atoms with Gasteiger partial charge in [-0.15, -0.1) is 15.3 Å². The van der Waals surface area contributed by atoms with Gasteiger partial charge in [-0.25, -0.2) is 9.07 Å². The van der Waals surface area contributed by atoms with E-state index in [0.717, 1.165) is 37.4 Å². The van der Waals surface area contributed by atoms with E-state index in [0.29, 0.717) is 23.4 Å². The summed E-state index contributed by atoms with van der Waals surface area (Å²) in [7, 11) is 0. The number of halogens is 3. The lowest BCUT2D eigenvalue weighted by Gasteiger charge is -2.29. The quantitative estimate of drug-likeness (QED) is 0.476. The molecule has 3 heterocycles. The van der Waals surface area contributed by atoms with Crippen LogP contribution in [0.2, 0.25) is 0 Å². The molecule has 170 valence electrons. The van der Waals surface area contributed by atoms with E-state index in [1.165, 1.54) is 6.07 Å². The summed E-state index contributed by atoms with van der Waals surface area (Å²) in [5.41, 5.74) is 3.22. The number of nitrogens with zero attached hydrogens (tertiary/aromatic N) is 6. The van der Waals surface area contributed by atoms with E-state index in [1.807, 2.05) is 6.07 Å². The number of rotatable bonds is 6. The number of hydrogen-bond donors (Lipinski definition) is 1. The Hall–Kier alpha value is -3.73. The number of piperazine rings is 1. The highest BCUT2D eigenvalue weighted by Crippen LogP contribution is 2.27. The Labute approximate surface area is 187 Å². The highest BCUT2D eigenvalue weighted by molar-refractivity contribution is 5.66. The van der Waals surface area contributed by atoms with Crippen LogP contribution in [0.5, 0.6) is 0 Å². The second kappa shape index (κ2) is 9.02. The van der Waals surface area contributed by atoms with E-state index in [9.17, 15) is 13.2 Å². The van der Waals surface area contributed by atoms with Crippen LogP contribution in [0.15, 0.2) is 53.1 Å². The first-order chi connectivity index (χ1) is 16.1. The lowest BCUT2D eigenvalue weighted by Crippen LogP contribution is -2.43. The van der Waals surface area contributed by atoms with Gasteiger partial charge in [0.15, 0.2) is 0 Å². The van der Waals surface area contributed by atoms with Gasteiger partial charge >= 0.3 is 6.43 Å². The van der Waals surface area contributed by atoms with Crippen LogP contribution in [0.1, 0.15) is 17.9 Å². The second-order valence-electron chi connectivity index (χ2n) is 7.65. The average molecular weight is 455 g/mol. The van der Waals surface area contributed by atoms with E-state index >= 15 is 0 Å². The highest BCUT2D eigenvalue weighted by Gasteiger charge is 2.18. The van der Waals surface area contributed by atoms with Crippen LogP contribution in [0.3, 0.4) is 0 Å². The Kier molecular flexibility index (Phi) is 5.78. The number of benzene rings is 2. The fourth-order valence-electron chi connectivity index (χ4n) is 3.71. The molecule has 0 bridgehead atoms. The van der Waals surface area contributed by atoms with Gasteiger partial charge in [0, 0.05) is 43.0 Å². The summed E-state index contributed by atoms with van der Waals surface area (Å²) in [6.45, 7) is 3.91. The first-order valence-corrected chi connectivity index (χ1v) is 10.4. The minimum absolute atomic E-state index is 0.0275. The predicted molar refractivity (Wildman–Crippen MR) is 114 cm³/mol. The summed E-state index contributed by atoms with van der Waals surface area (Å²) in [6.07, 6.45) is -1.12. The molecule has 33 heavy (non-hydrogen) atoms. The van der Waals surface area contributed by atoms with Crippen molar-refractivity contribution < 1.29 is 17.6 Å². The van der Waals surface area contributed by atoms with Crippen molar-refractivity contribution in [2.24, 2.45) is 0 Å². The zero-order chi connectivity index (χ0) is 22.8. The van der Waals surface area contributed by atoms with Gasteiger partial charge in [0.05, 0.1) is 12.7 Å². The van der Waals surface area contributed by atoms with Crippen molar-refractivity contribution in [2.75, 3.05) is 31.1 Å². The highest BCUT2D eigenvalue weighted by atomic mass is 19.3. The lowest BCUT2D eigenvalue weighted by molar-refractivity contribution is 0.116. The van der Waals surface area contributed by atoms with Crippen LogP contribution >= 0.6 is 0 Å². The smallest absolute Gasteiger partial charge is 0.314 e. The SMILES string of the molecule is Fc1ccc(N2CCNCC2)cc1-c1cn(Cc2ccc(-c3nnc(C(F)F)o3)cc2)nn1. The molecule has 5 rings (SSSR count). The van der Waals surface area contributed by atoms with Crippen LogP contribution in [0.25, 0.3) is 22.7 Å². The van der Waals surface area contributed by atoms with Crippen molar-refractivity contribution in [3.63, 3.8) is 0 Å². The summed E-state index contributed by atoms with van der Waals surface area (Å²) in [5.74, 6) is -1.04. The maximum absolute atomic E-state index is 14.5. The zero-order valence-corrected chi connectivity index (χ0v) is 17.5. The van der Waals surface area contributed by atoms with E-state index in [-0.39, 0.29) is 11.7 Å². The van der Waals surface area contributed by atoms with E-state index in [1.54, 1.807) is 41.2 Å². The Morgan fingerprint density at radius 1 is 1.00 bits per heavy atom. The molecule has 0 atom stereocenters. The molecule has 4 aromatic rings. The molecule has 1 aliphatic heterocycles. The molecule has 2 aromatic heterocycles. The number of alkyl halides is 2. The Bertz CT molecular complexity index is 1230. The third kappa shape index (κ3) is 4.58. The van der Waals surface area contributed by atoms with Crippen molar-refractivity contribution in [3.05, 3.63) is 65.9 Å². The van der Waals surface area contributed by atoms with E-state index in [2.05, 4.69) is 30.7 Å². The van der Waals surface area contributed by atoms with Gasteiger partial charge in [-0.05, 0) is 35.9 Å². The van der Waals surface area contributed by atoms with Gasteiger partial charge in [0.1, 0.15) is 11.5 Å². The molecule has 0 unspecified atom stereocenters. The van der Waals surface area contributed by atoms with Crippen LogP contribution in [0, 0.1) is 5.82 Å². The molecule has 0 saturated carbocycles. The number of anilines is 1. The molecule has 0 spiro atoms. The number of hydrogen-bond acceptors (Lipinski definition) is 7. The van der Waals surface area contributed by atoms with Crippen LogP contribution in [-0.4, -0.2) is 51.4 Å². The molecule has 1 saturated heterocycles. The summed E-state index contributed by atoms with van der Waals surface area (Å²) in [4.78, 5) is 2.21. The number of nitrogens with one attached hydrogen (secondary N) is 1. The van der Waals surface area contributed by atoms with Gasteiger partial charge in [0.25, 0.3) is 5.89 Å². The maximum Gasteiger partial charge on any atom is 0.314 e. The minimum Gasteiger partial charge on any atom is -0.415 e. The summed E-state index contributed by atoms with van der Waals surface area (Å²) >= 11 is 0. The monoisotopic (exact) mass is 455 g/mol. The van der Waals surface area contributed by atoms with Crippen molar-refractivity contribution in [1.29, 1.82) is 0 Å². The molecule has 1 N–H and O–H groups in total.